The number of aromatic amines is 2. The maximum atomic E-state index is 6.23. The third-order valence-electron chi connectivity index (χ3n) is 6.35. The smallest absolute Gasteiger partial charge is 0.220 e. The zero-order chi connectivity index (χ0) is 21.8. The normalized spacial score (nSPS) is 11.4. The molecule has 0 radical (unpaired) electrons. The third kappa shape index (κ3) is 3.75. The van der Waals surface area contributed by atoms with Crippen LogP contribution < -0.4 is 57.9 Å². The summed E-state index contributed by atoms with van der Waals surface area (Å²) >= 11 is 0. The Hall–Kier alpha value is -3.11. The number of hydrogen-bond acceptors (Lipinski definition) is 2. The maximum Gasteiger partial charge on any atom is 0.220 e. The number of benzene rings is 3. The van der Waals surface area contributed by atoms with Crippen LogP contribution in [0.3, 0.4) is 0 Å². The highest BCUT2D eigenvalue weighted by Crippen LogP contribution is 2.42. The molecule has 0 aliphatic rings. The summed E-state index contributed by atoms with van der Waals surface area (Å²) in [7, 11) is 0. The summed E-state index contributed by atoms with van der Waals surface area (Å²) in [6, 6.07) is 24.8. The Morgan fingerprint density at radius 3 is 2.40 bits per heavy atom. The molecule has 7 rings (SSSR count). The number of nitrogens with one attached hydrogen (secondary N) is 2. The highest BCUT2D eigenvalue weighted by atomic mass is 127. The molecular weight excluding hydrogens is 660 g/mol. The van der Waals surface area contributed by atoms with Gasteiger partial charge in [-0.2, -0.15) is 0 Å². The molecule has 4 nitrogen and oxygen atoms in total. The van der Waals surface area contributed by atoms with E-state index in [1.807, 2.05) is 42.9 Å². The number of hydrogen-bond donors (Lipinski definition) is 0. The van der Waals surface area contributed by atoms with Crippen LogP contribution in [0.5, 0.6) is 0 Å². The van der Waals surface area contributed by atoms with Crippen LogP contribution in [0.1, 0.15) is 11.3 Å². The van der Waals surface area contributed by atoms with E-state index < -0.39 is 0 Å². The van der Waals surface area contributed by atoms with Gasteiger partial charge in [-0.25, -0.2) is 9.97 Å². The zero-order valence-corrected chi connectivity index (χ0v) is 22.7. The minimum Gasteiger partial charge on any atom is -1.00 e. The van der Waals surface area contributed by atoms with Gasteiger partial charge in [0.25, 0.3) is 0 Å². The Morgan fingerprint density at radius 2 is 1.51 bits per heavy atom. The highest BCUT2D eigenvalue weighted by molar-refractivity contribution is 6.32. The predicted octanol–water partition coefficient (Wildman–Crippen LogP) is 0.199. The summed E-state index contributed by atoms with van der Waals surface area (Å²) in [4.78, 5) is 11.5. The standard InChI is InChI=1S/C29H17N3O.2HI/c1-2-15-30-22(9-1)21-8-5-16-31-23(21)13-11-18-12-14-25-28-26(18)29-20(7-4-17-32-29)19-6-3-10-24(33-25)27(19)28;;/h1-17H;2*1H/b13-11+;;. The molecule has 0 unspecified atom stereocenters. The lowest BCUT2D eigenvalue weighted by Crippen LogP contribution is -3.00. The van der Waals surface area contributed by atoms with Gasteiger partial charge in [0.2, 0.25) is 11.2 Å². The van der Waals surface area contributed by atoms with Crippen LogP contribution in [-0.4, -0.2) is 4.98 Å². The van der Waals surface area contributed by atoms with E-state index >= 15 is 0 Å². The maximum absolute atomic E-state index is 6.23. The third-order valence-corrected chi connectivity index (χ3v) is 6.35. The van der Waals surface area contributed by atoms with Crippen LogP contribution in [0, 0.1) is 0 Å². The molecule has 4 heterocycles. The SMILES string of the molecule is C(=C\c1ccc2oc3cccc4c5ccc[nH+]c5c1c2c34)/c1ncccc1-c1cccc[nH+]1.[I-].[I-]. The van der Waals surface area contributed by atoms with Crippen LogP contribution in [-0.2, 0) is 0 Å². The average molecular weight is 679 g/mol. The first-order valence-corrected chi connectivity index (χ1v) is 11.0. The molecule has 0 spiro atoms. The number of aromatic nitrogens is 3. The minimum absolute atomic E-state index is 0. The number of pyridine rings is 3. The van der Waals surface area contributed by atoms with Crippen molar-refractivity contribution >= 4 is 55.8 Å². The molecule has 3 aromatic carbocycles. The lowest BCUT2D eigenvalue weighted by Gasteiger charge is -2.06. The Kier molecular flexibility index (Phi) is 6.41. The first-order chi connectivity index (χ1) is 16.4. The van der Waals surface area contributed by atoms with E-state index in [4.69, 9.17) is 4.42 Å². The number of halogens is 2. The van der Waals surface area contributed by atoms with Crippen LogP contribution in [0.4, 0.5) is 0 Å². The number of rotatable bonds is 3. The number of furan rings is 1. The number of H-pyrrole nitrogens is 2. The minimum atomic E-state index is 0. The Labute approximate surface area is 235 Å². The largest absolute Gasteiger partial charge is 1.00 e. The molecule has 6 heteroatoms. The average Bonchev–Trinajstić information content (AvgIpc) is 3.27. The lowest BCUT2D eigenvalue weighted by molar-refractivity contribution is -0.364. The Balaban J connectivity index is 0.00000127. The molecule has 7 aromatic rings. The van der Waals surface area contributed by atoms with Gasteiger partial charge in [0.1, 0.15) is 11.2 Å². The van der Waals surface area contributed by atoms with Crippen molar-refractivity contribution < 1.29 is 62.3 Å². The van der Waals surface area contributed by atoms with E-state index in [1.54, 1.807) is 0 Å². The van der Waals surface area contributed by atoms with Crippen molar-refractivity contribution in [2.24, 2.45) is 0 Å². The summed E-state index contributed by atoms with van der Waals surface area (Å²) in [6.07, 6.45) is 9.99. The van der Waals surface area contributed by atoms with Crippen molar-refractivity contribution in [3.8, 4) is 11.3 Å². The molecule has 4 aromatic heterocycles. The molecular formula is C29H19I2N3O. The second kappa shape index (κ2) is 9.50. The molecule has 0 saturated carbocycles. The predicted molar refractivity (Wildman–Crippen MR) is 132 cm³/mol. The fourth-order valence-corrected chi connectivity index (χ4v) is 4.93. The molecule has 0 atom stereocenters. The van der Waals surface area contributed by atoms with E-state index in [2.05, 4.69) is 75.6 Å². The van der Waals surface area contributed by atoms with Gasteiger partial charge in [0.15, 0.2) is 12.4 Å². The lowest BCUT2D eigenvalue weighted by atomic mass is 9.94. The van der Waals surface area contributed by atoms with Crippen molar-refractivity contribution in [3.63, 3.8) is 0 Å². The van der Waals surface area contributed by atoms with E-state index in [1.165, 1.54) is 21.5 Å². The molecule has 0 saturated heterocycles. The van der Waals surface area contributed by atoms with Crippen LogP contribution in [0.25, 0.3) is 67.0 Å². The van der Waals surface area contributed by atoms with Gasteiger partial charge in [-0.15, -0.1) is 0 Å². The number of fused-ring (bicyclic) bond motifs is 3. The van der Waals surface area contributed by atoms with Gasteiger partial charge in [-0.05, 0) is 48.0 Å². The van der Waals surface area contributed by atoms with Crippen LogP contribution >= 0.6 is 0 Å². The second-order valence-electron chi connectivity index (χ2n) is 8.19. The van der Waals surface area contributed by atoms with Crippen molar-refractivity contribution in [3.05, 3.63) is 103 Å². The van der Waals surface area contributed by atoms with Crippen molar-refractivity contribution in [1.82, 2.24) is 4.98 Å². The van der Waals surface area contributed by atoms with Gasteiger partial charge in [0, 0.05) is 40.6 Å². The fraction of sp³-hybridized carbons (Fsp3) is 0. The molecule has 0 amide bonds. The van der Waals surface area contributed by atoms with Gasteiger partial charge in [-0.1, -0.05) is 24.3 Å². The van der Waals surface area contributed by atoms with Gasteiger partial charge in [-0.3, -0.25) is 4.98 Å². The molecule has 0 bridgehead atoms. The van der Waals surface area contributed by atoms with Crippen LogP contribution in [0.2, 0.25) is 0 Å². The second-order valence-corrected chi connectivity index (χ2v) is 8.19. The van der Waals surface area contributed by atoms with E-state index in [0.29, 0.717) is 0 Å². The van der Waals surface area contributed by atoms with E-state index in [-0.39, 0.29) is 48.0 Å². The topological polar surface area (TPSA) is 54.3 Å². The quantitative estimate of drug-likeness (QED) is 0.198. The summed E-state index contributed by atoms with van der Waals surface area (Å²) in [6.45, 7) is 0. The van der Waals surface area contributed by atoms with E-state index in [9.17, 15) is 0 Å². The fourth-order valence-electron chi connectivity index (χ4n) is 4.93. The summed E-state index contributed by atoms with van der Waals surface area (Å²) in [5.74, 6) is 0. The first kappa shape index (κ1) is 23.6. The zero-order valence-electron chi connectivity index (χ0n) is 18.4. The van der Waals surface area contributed by atoms with Crippen LogP contribution in [0.15, 0.2) is 95.8 Å². The van der Waals surface area contributed by atoms with Gasteiger partial charge >= 0.3 is 0 Å². The summed E-state index contributed by atoms with van der Waals surface area (Å²) < 4.78 is 6.23. The van der Waals surface area contributed by atoms with Crippen molar-refractivity contribution in [2.75, 3.05) is 0 Å². The monoisotopic (exact) mass is 679 g/mol. The Bertz CT molecular complexity index is 1830. The molecule has 0 aliphatic carbocycles. The molecule has 170 valence electrons. The van der Waals surface area contributed by atoms with E-state index in [0.717, 1.165) is 44.6 Å². The Morgan fingerprint density at radius 1 is 0.657 bits per heavy atom. The van der Waals surface area contributed by atoms with Crippen molar-refractivity contribution in [1.29, 1.82) is 0 Å². The molecule has 35 heavy (non-hydrogen) atoms. The summed E-state index contributed by atoms with van der Waals surface area (Å²) in [5.41, 5.74) is 7.08. The van der Waals surface area contributed by atoms with Gasteiger partial charge in [0.05, 0.1) is 22.0 Å². The summed E-state index contributed by atoms with van der Waals surface area (Å²) in [5, 5.41) is 5.91. The molecule has 2 N–H and O–H groups in total. The number of nitrogens with zero attached hydrogens (tertiary/aromatic N) is 1. The van der Waals surface area contributed by atoms with Gasteiger partial charge < -0.3 is 52.4 Å². The highest BCUT2D eigenvalue weighted by Gasteiger charge is 2.21. The first-order valence-electron chi connectivity index (χ1n) is 11.0. The molecule has 0 fully saturated rings. The van der Waals surface area contributed by atoms with Crippen molar-refractivity contribution in [2.45, 2.75) is 0 Å². The molecule has 0 aliphatic heterocycles.